The van der Waals surface area contributed by atoms with Gasteiger partial charge in [0.05, 0.1) is 10.1 Å². The molecule has 5 heteroatoms. The number of hydrogen-bond donors (Lipinski definition) is 0. The first kappa shape index (κ1) is 29.6. The normalized spacial score (nSPS) is 14.0. The summed E-state index contributed by atoms with van der Waals surface area (Å²) in [5.74, 6) is -0.287. The molecule has 0 saturated carbocycles. The van der Waals surface area contributed by atoms with E-state index >= 15 is 0 Å². The molecule has 0 aromatic heterocycles. The van der Waals surface area contributed by atoms with Gasteiger partial charge in [-0.25, -0.2) is 8.42 Å². The molecule has 0 heterocycles. The van der Waals surface area contributed by atoms with Crippen molar-refractivity contribution in [3.63, 3.8) is 0 Å². The molecule has 0 fully saturated rings. The van der Waals surface area contributed by atoms with E-state index in [1.807, 2.05) is 52.0 Å². The first-order valence-electron chi connectivity index (χ1n) is 12.0. The lowest BCUT2D eigenvalue weighted by molar-refractivity contribution is -0.139. The fourth-order valence-electron chi connectivity index (χ4n) is 3.50. The maximum Gasteiger partial charge on any atom is 0.302 e. The van der Waals surface area contributed by atoms with Gasteiger partial charge in [0.2, 0.25) is 0 Å². The molecule has 188 valence electrons. The highest BCUT2D eigenvalue weighted by molar-refractivity contribution is 7.92. The number of hydrogen-bond acceptors (Lipinski definition) is 4. The van der Waals surface area contributed by atoms with Crippen molar-refractivity contribution in [3.8, 4) is 0 Å². The number of aryl methyl sites for hydroxylation is 1. The third kappa shape index (κ3) is 11.6. The number of esters is 1. The van der Waals surface area contributed by atoms with Gasteiger partial charge in [-0.3, -0.25) is 4.79 Å². The molecule has 4 nitrogen and oxygen atoms in total. The third-order valence-electron chi connectivity index (χ3n) is 5.58. The molecule has 0 bridgehead atoms. The van der Waals surface area contributed by atoms with Crippen molar-refractivity contribution in [2.45, 2.75) is 90.7 Å². The summed E-state index contributed by atoms with van der Waals surface area (Å²) >= 11 is 0. The van der Waals surface area contributed by atoms with Crippen LogP contribution in [0.1, 0.15) is 79.2 Å². The maximum atomic E-state index is 13.5. The molecule has 1 aromatic rings. The summed E-state index contributed by atoms with van der Waals surface area (Å²) in [5, 5.41) is -0.598. The van der Waals surface area contributed by atoms with Gasteiger partial charge in [-0.15, -0.1) is 0 Å². The molecule has 1 atom stereocenters. The standard InChI is InChI=1S/C29H42O4S/c1-22(2)10-8-12-25(5)20-29(34(31,32)28-16-14-24(4)15-17-28)21-26(6)13-9-11-23(3)18-19-33-27(7)30/h10,13-18,20,29H,8-9,11-12,19,21H2,1-7H3/b23-18+,25-20+,26-13+. The summed E-state index contributed by atoms with van der Waals surface area (Å²) in [7, 11) is -3.50. The number of benzene rings is 1. The SMILES string of the molecule is CC(=O)OC/C=C(\C)CC/C=C(\C)CC(/C=C(\C)CCC=C(C)C)S(=O)(=O)c1ccc(C)cc1. The number of ether oxygens (including phenoxy) is 1. The minimum absolute atomic E-state index is 0.287. The second-order valence-corrected chi connectivity index (χ2v) is 11.5. The van der Waals surface area contributed by atoms with E-state index in [2.05, 4.69) is 26.0 Å². The largest absolute Gasteiger partial charge is 0.462 e. The summed E-state index contributed by atoms with van der Waals surface area (Å²) in [6.45, 7) is 13.8. The van der Waals surface area contributed by atoms with Gasteiger partial charge in [-0.2, -0.15) is 0 Å². The van der Waals surface area contributed by atoms with Crippen LogP contribution in [0.3, 0.4) is 0 Å². The minimum atomic E-state index is -3.50. The quantitative estimate of drug-likeness (QED) is 0.214. The Morgan fingerprint density at radius 3 is 2.03 bits per heavy atom. The number of carbonyl (C=O) groups is 1. The van der Waals surface area contributed by atoms with Crippen LogP contribution in [0.4, 0.5) is 0 Å². The molecule has 0 aliphatic rings. The fraction of sp³-hybridized carbons (Fsp3) is 0.483. The van der Waals surface area contributed by atoms with E-state index in [1.54, 1.807) is 12.1 Å². The zero-order valence-corrected chi connectivity index (χ0v) is 22.8. The van der Waals surface area contributed by atoms with Crippen molar-refractivity contribution in [2.75, 3.05) is 6.61 Å². The van der Waals surface area contributed by atoms with Crippen LogP contribution in [-0.2, 0) is 19.4 Å². The fourth-order valence-corrected chi connectivity index (χ4v) is 5.26. The number of sulfone groups is 1. The lowest BCUT2D eigenvalue weighted by Crippen LogP contribution is -2.20. The molecule has 1 rings (SSSR count). The average Bonchev–Trinajstić information content (AvgIpc) is 2.73. The predicted octanol–water partition coefficient (Wildman–Crippen LogP) is 7.46. The second-order valence-electron chi connectivity index (χ2n) is 9.38. The van der Waals surface area contributed by atoms with E-state index in [1.165, 1.54) is 12.5 Å². The Hall–Kier alpha value is -2.40. The molecule has 0 aliphatic heterocycles. The van der Waals surface area contributed by atoms with E-state index in [0.717, 1.165) is 48.0 Å². The first-order valence-corrected chi connectivity index (χ1v) is 13.5. The second kappa shape index (κ2) is 14.8. The van der Waals surface area contributed by atoms with Gasteiger partial charge in [0, 0.05) is 6.92 Å². The Bertz CT molecular complexity index is 1020. The highest BCUT2D eigenvalue weighted by atomic mass is 32.2. The summed E-state index contributed by atoms with van der Waals surface area (Å²) in [4.78, 5) is 11.2. The van der Waals surface area contributed by atoms with Crippen LogP contribution >= 0.6 is 0 Å². The van der Waals surface area contributed by atoms with Crippen LogP contribution in [0.15, 0.2) is 75.8 Å². The van der Waals surface area contributed by atoms with Crippen molar-refractivity contribution in [1.82, 2.24) is 0 Å². The van der Waals surface area contributed by atoms with E-state index in [9.17, 15) is 13.2 Å². The molecule has 0 radical (unpaired) electrons. The average molecular weight is 487 g/mol. The van der Waals surface area contributed by atoms with E-state index < -0.39 is 15.1 Å². The molecule has 0 saturated heterocycles. The minimum Gasteiger partial charge on any atom is -0.462 e. The smallest absolute Gasteiger partial charge is 0.302 e. The summed E-state index contributed by atoms with van der Waals surface area (Å²) in [5.41, 5.74) is 5.60. The lowest BCUT2D eigenvalue weighted by Gasteiger charge is -2.17. The Labute approximate surface area is 207 Å². The third-order valence-corrected chi connectivity index (χ3v) is 7.61. The Morgan fingerprint density at radius 2 is 1.44 bits per heavy atom. The lowest BCUT2D eigenvalue weighted by atomic mass is 10.0. The Balaban J connectivity index is 3.01. The molecule has 0 N–H and O–H groups in total. The molecule has 34 heavy (non-hydrogen) atoms. The summed E-state index contributed by atoms with van der Waals surface area (Å²) < 4.78 is 32.0. The Kier molecular flexibility index (Phi) is 12.9. The monoisotopic (exact) mass is 486 g/mol. The van der Waals surface area contributed by atoms with Crippen molar-refractivity contribution in [3.05, 3.63) is 76.4 Å². The van der Waals surface area contributed by atoms with Crippen molar-refractivity contribution >= 4 is 15.8 Å². The summed E-state index contributed by atoms with van der Waals surface area (Å²) in [6.07, 6.45) is 12.0. The molecule has 1 unspecified atom stereocenters. The molecular weight excluding hydrogens is 444 g/mol. The molecule has 0 amide bonds. The topological polar surface area (TPSA) is 60.4 Å². The number of carbonyl (C=O) groups excluding carboxylic acids is 1. The van der Waals surface area contributed by atoms with Crippen LogP contribution in [0.2, 0.25) is 0 Å². The number of rotatable bonds is 13. The summed E-state index contributed by atoms with van der Waals surface area (Å²) in [6, 6.07) is 7.12. The van der Waals surface area contributed by atoms with Crippen molar-refractivity contribution < 1.29 is 17.9 Å². The van der Waals surface area contributed by atoms with Crippen molar-refractivity contribution in [2.24, 2.45) is 0 Å². The maximum absolute atomic E-state index is 13.5. The van der Waals surface area contributed by atoms with Gasteiger partial charge in [0.15, 0.2) is 9.84 Å². The van der Waals surface area contributed by atoms with E-state index in [4.69, 9.17) is 4.74 Å². The first-order chi connectivity index (χ1) is 15.9. The van der Waals surface area contributed by atoms with E-state index in [-0.39, 0.29) is 12.6 Å². The highest BCUT2D eigenvalue weighted by Crippen LogP contribution is 2.25. The van der Waals surface area contributed by atoms with Gasteiger partial charge < -0.3 is 4.74 Å². The zero-order chi connectivity index (χ0) is 25.7. The molecular formula is C29H42O4S. The highest BCUT2D eigenvalue weighted by Gasteiger charge is 2.26. The van der Waals surface area contributed by atoms with Crippen LogP contribution in [0.5, 0.6) is 0 Å². The van der Waals surface area contributed by atoms with Crippen LogP contribution < -0.4 is 0 Å². The molecule has 0 aliphatic carbocycles. The van der Waals surface area contributed by atoms with Crippen LogP contribution in [-0.4, -0.2) is 26.2 Å². The van der Waals surface area contributed by atoms with Gasteiger partial charge in [-0.1, -0.05) is 58.2 Å². The predicted molar refractivity (Wildman–Crippen MR) is 143 cm³/mol. The van der Waals surface area contributed by atoms with E-state index in [0.29, 0.717) is 11.3 Å². The molecule has 0 spiro atoms. The van der Waals surface area contributed by atoms with Gasteiger partial charge in [0.1, 0.15) is 6.61 Å². The molecule has 1 aromatic carbocycles. The number of allylic oxidation sites excluding steroid dienone is 6. The van der Waals surface area contributed by atoms with Gasteiger partial charge >= 0.3 is 5.97 Å². The van der Waals surface area contributed by atoms with Gasteiger partial charge in [-0.05, 0) is 91.9 Å². The van der Waals surface area contributed by atoms with Crippen LogP contribution in [0, 0.1) is 6.92 Å². The Morgan fingerprint density at radius 1 is 0.853 bits per heavy atom. The van der Waals surface area contributed by atoms with Crippen LogP contribution in [0.25, 0.3) is 0 Å². The zero-order valence-electron chi connectivity index (χ0n) is 22.0. The van der Waals surface area contributed by atoms with Crippen molar-refractivity contribution in [1.29, 1.82) is 0 Å². The van der Waals surface area contributed by atoms with Gasteiger partial charge in [0.25, 0.3) is 0 Å².